The van der Waals surface area contributed by atoms with Gasteiger partial charge in [0.1, 0.15) is 0 Å². The molecule has 2 aromatic rings. The van der Waals surface area contributed by atoms with E-state index in [0.717, 1.165) is 18.5 Å². The van der Waals surface area contributed by atoms with Gasteiger partial charge in [-0.15, -0.1) is 0 Å². The average molecular weight is 287 g/mol. The van der Waals surface area contributed by atoms with Crippen LogP contribution in [-0.2, 0) is 17.8 Å². The van der Waals surface area contributed by atoms with Crippen molar-refractivity contribution in [3.05, 3.63) is 53.9 Å². The van der Waals surface area contributed by atoms with E-state index >= 15 is 0 Å². The number of hydrogen-bond acceptors (Lipinski definition) is 3. The van der Waals surface area contributed by atoms with Crippen LogP contribution in [0.2, 0.25) is 0 Å². The smallest absolute Gasteiger partial charge is 0.335 e. The number of rotatable bonds is 7. The number of aromatic carboxylic acids is 1. The van der Waals surface area contributed by atoms with Crippen molar-refractivity contribution in [1.82, 2.24) is 15.1 Å². The number of nitrogens with one attached hydrogen (secondary N) is 1. The van der Waals surface area contributed by atoms with Gasteiger partial charge in [0.05, 0.1) is 12.0 Å². The summed E-state index contributed by atoms with van der Waals surface area (Å²) < 4.78 is 1.82. The Bertz CT molecular complexity index is 591. The van der Waals surface area contributed by atoms with Crippen molar-refractivity contribution in [1.29, 1.82) is 0 Å². The second-order valence-electron chi connectivity index (χ2n) is 4.65. The van der Waals surface area contributed by atoms with E-state index in [-0.39, 0.29) is 17.9 Å². The Morgan fingerprint density at radius 2 is 2.00 bits per heavy atom. The third-order valence-electron chi connectivity index (χ3n) is 3.01. The van der Waals surface area contributed by atoms with Crippen LogP contribution in [0.25, 0.3) is 0 Å². The van der Waals surface area contributed by atoms with Gasteiger partial charge in [-0.25, -0.2) is 4.79 Å². The summed E-state index contributed by atoms with van der Waals surface area (Å²) in [6.45, 7) is 1.35. The molecule has 110 valence electrons. The molecule has 1 aromatic heterocycles. The topological polar surface area (TPSA) is 84.2 Å². The fourth-order valence-electron chi connectivity index (χ4n) is 1.91. The molecular formula is C15H17N3O3. The number of aromatic nitrogens is 2. The van der Waals surface area contributed by atoms with Crippen LogP contribution in [0.3, 0.4) is 0 Å². The van der Waals surface area contributed by atoms with Crippen molar-refractivity contribution >= 4 is 11.9 Å². The van der Waals surface area contributed by atoms with Crippen LogP contribution in [0.1, 0.15) is 22.3 Å². The molecule has 0 saturated heterocycles. The highest BCUT2D eigenvalue weighted by molar-refractivity contribution is 5.87. The lowest BCUT2D eigenvalue weighted by Crippen LogP contribution is -2.26. The van der Waals surface area contributed by atoms with Crippen LogP contribution in [0.15, 0.2) is 42.7 Å². The van der Waals surface area contributed by atoms with Gasteiger partial charge >= 0.3 is 5.97 Å². The zero-order valence-electron chi connectivity index (χ0n) is 11.5. The zero-order valence-corrected chi connectivity index (χ0v) is 11.5. The summed E-state index contributed by atoms with van der Waals surface area (Å²) >= 11 is 0. The number of carboxylic acid groups (broad SMARTS) is 1. The van der Waals surface area contributed by atoms with E-state index in [0.29, 0.717) is 6.54 Å². The van der Waals surface area contributed by atoms with Gasteiger partial charge in [0.15, 0.2) is 0 Å². The molecule has 0 atom stereocenters. The first kappa shape index (κ1) is 14.8. The maximum absolute atomic E-state index is 11.7. The van der Waals surface area contributed by atoms with E-state index in [2.05, 4.69) is 10.4 Å². The Morgan fingerprint density at radius 1 is 1.24 bits per heavy atom. The first-order valence-electron chi connectivity index (χ1n) is 6.71. The van der Waals surface area contributed by atoms with Gasteiger partial charge < -0.3 is 10.4 Å². The lowest BCUT2D eigenvalue weighted by Gasteiger charge is -2.06. The van der Waals surface area contributed by atoms with Gasteiger partial charge in [0.2, 0.25) is 5.91 Å². The Labute approximate surface area is 122 Å². The molecule has 0 unspecified atom stereocenters. The molecule has 1 amide bonds. The molecular weight excluding hydrogens is 270 g/mol. The monoisotopic (exact) mass is 287 g/mol. The number of amides is 1. The minimum Gasteiger partial charge on any atom is -0.478 e. The average Bonchev–Trinajstić information content (AvgIpc) is 2.97. The number of carbonyl (C=O) groups excluding carboxylic acids is 1. The van der Waals surface area contributed by atoms with Crippen LogP contribution < -0.4 is 5.32 Å². The molecule has 0 radical (unpaired) electrons. The second-order valence-corrected chi connectivity index (χ2v) is 4.65. The molecule has 0 saturated carbocycles. The molecule has 21 heavy (non-hydrogen) atoms. The van der Waals surface area contributed by atoms with Crippen LogP contribution in [0, 0.1) is 0 Å². The van der Waals surface area contributed by atoms with E-state index in [1.807, 2.05) is 16.9 Å². The summed E-state index contributed by atoms with van der Waals surface area (Å²) in [5.41, 5.74) is 1.02. The Morgan fingerprint density at radius 3 is 2.62 bits per heavy atom. The largest absolute Gasteiger partial charge is 0.478 e. The van der Waals surface area contributed by atoms with Gasteiger partial charge in [0.25, 0.3) is 0 Å². The van der Waals surface area contributed by atoms with Gasteiger partial charge in [-0.1, -0.05) is 12.1 Å². The highest BCUT2D eigenvalue weighted by Crippen LogP contribution is 2.05. The molecule has 6 heteroatoms. The molecule has 0 aliphatic carbocycles. The molecule has 0 aliphatic rings. The van der Waals surface area contributed by atoms with Crippen molar-refractivity contribution in [2.24, 2.45) is 0 Å². The summed E-state index contributed by atoms with van der Waals surface area (Å²) in [5.74, 6) is -1.04. The standard InChI is InChI=1S/C15H17N3O3/c19-14(16-7-1-9-18-10-2-8-17-18)11-12-3-5-13(6-4-12)15(20)21/h2-6,8,10H,1,7,9,11H2,(H,16,19)(H,20,21). The number of nitrogens with zero attached hydrogens (tertiary/aromatic N) is 2. The number of carbonyl (C=O) groups is 2. The molecule has 0 spiro atoms. The first-order valence-corrected chi connectivity index (χ1v) is 6.71. The summed E-state index contributed by atoms with van der Waals surface area (Å²) in [4.78, 5) is 22.5. The third kappa shape index (κ3) is 4.76. The van der Waals surface area contributed by atoms with Crippen LogP contribution in [0.5, 0.6) is 0 Å². The molecule has 2 N–H and O–H groups in total. The fourth-order valence-corrected chi connectivity index (χ4v) is 1.91. The molecule has 1 aromatic carbocycles. The maximum atomic E-state index is 11.7. The van der Waals surface area contributed by atoms with E-state index in [9.17, 15) is 9.59 Å². The highest BCUT2D eigenvalue weighted by atomic mass is 16.4. The maximum Gasteiger partial charge on any atom is 0.335 e. The molecule has 2 rings (SSSR count). The van der Waals surface area contributed by atoms with Crippen molar-refractivity contribution in [3.63, 3.8) is 0 Å². The van der Waals surface area contributed by atoms with Gasteiger partial charge in [-0.3, -0.25) is 9.48 Å². The Balaban J connectivity index is 1.70. The van der Waals surface area contributed by atoms with E-state index in [4.69, 9.17) is 5.11 Å². The number of benzene rings is 1. The lowest BCUT2D eigenvalue weighted by molar-refractivity contribution is -0.120. The van der Waals surface area contributed by atoms with Crippen molar-refractivity contribution < 1.29 is 14.7 Å². The van der Waals surface area contributed by atoms with Crippen molar-refractivity contribution in [3.8, 4) is 0 Å². The SMILES string of the molecule is O=C(Cc1ccc(C(=O)O)cc1)NCCCn1cccn1. The predicted molar refractivity (Wildman–Crippen MR) is 77.0 cm³/mol. The van der Waals surface area contributed by atoms with Crippen LogP contribution in [-0.4, -0.2) is 33.3 Å². The summed E-state index contributed by atoms with van der Waals surface area (Å²) in [7, 11) is 0. The van der Waals surface area contributed by atoms with Gasteiger partial charge in [-0.05, 0) is 30.2 Å². The number of hydrogen-bond donors (Lipinski definition) is 2. The molecule has 6 nitrogen and oxygen atoms in total. The Hall–Kier alpha value is -2.63. The van der Waals surface area contributed by atoms with Crippen LogP contribution in [0.4, 0.5) is 0 Å². The number of carboxylic acids is 1. The fraction of sp³-hybridized carbons (Fsp3) is 0.267. The second kappa shape index (κ2) is 7.23. The summed E-state index contributed by atoms with van der Waals surface area (Å²) in [6.07, 6.45) is 4.66. The predicted octanol–water partition coefficient (Wildman–Crippen LogP) is 1.33. The quantitative estimate of drug-likeness (QED) is 0.752. The van der Waals surface area contributed by atoms with E-state index in [1.165, 1.54) is 12.1 Å². The lowest BCUT2D eigenvalue weighted by atomic mass is 10.1. The van der Waals surface area contributed by atoms with E-state index in [1.54, 1.807) is 18.3 Å². The minimum atomic E-state index is -0.968. The van der Waals surface area contributed by atoms with Crippen molar-refractivity contribution in [2.45, 2.75) is 19.4 Å². The Kier molecular flexibility index (Phi) is 5.09. The third-order valence-corrected chi connectivity index (χ3v) is 3.01. The minimum absolute atomic E-state index is 0.0708. The normalized spacial score (nSPS) is 10.3. The van der Waals surface area contributed by atoms with Crippen LogP contribution >= 0.6 is 0 Å². The molecule has 1 heterocycles. The zero-order chi connectivity index (χ0) is 15.1. The van der Waals surface area contributed by atoms with E-state index < -0.39 is 5.97 Å². The number of aryl methyl sites for hydroxylation is 1. The summed E-state index contributed by atoms with van der Waals surface area (Å²) in [6, 6.07) is 8.18. The molecule has 0 aliphatic heterocycles. The first-order chi connectivity index (χ1) is 10.1. The molecule has 0 bridgehead atoms. The summed E-state index contributed by atoms with van der Waals surface area (Å²) in [5, 5.41) is 15.7. The van der Waals surface area contributed by atoms with Gasteiger partial charge in [0, 0.05) is 25.5 Å². The molecule has 0 fully saturated rings. The highest BCUT2D eigenvalue weighted by Gasteiger charge is 2.05. The van der Waals surface area contributed by atoms with Crippen molar-refractivity contribution in [2.75, 3.05) is 6.54 Å². The van der Waals surface area contributed by atoms with Gasteiger partial charge in [-0.2, -0.15) is 5.10 Å².